The van der Waals surface area contributed by atoms with E-state index < -0.39 is 21.8 Å². The highest BCUT2D eigenvalue weighted by Gasteiger charge is 2.31. The molecule has 0 amide bonds. The molecule has 5 rings (SSSR count). The van der Waals surface area contributed by atoms with Gasteiger partial charge in [-0.2, -0.15) is 0 Å². The summed E-state index contributed by atoms with van der Waals surface area (Å²) in [6.07, 6.45) is 6.41. The van der Waals surface area contributed by atoms with Crippen LogP contribution in [0.2, 0.25) is 0 Å². The second kappa shape index (κ2) is 13.8. The van der Waals surface area contributed by atoms with Gasteiger partial charge in [0.15, 0.2) is 23.1 Å². The van der Waals surface area contributed by atoms with Crippen molar-refractivity contribution in [3.8, 4) is 23.0 Å². The van der Waals surface area contributed by atoms with Crippen molar-refractivity contribution in [2.75, 3.05) is 50.9 Å². The molecule has 0 spiro atoms. The van der Waals surface area contributed by atoms with Crippen molar-refractivity contribution in [1.82, 2.24) is 9.88 Å². The maximum absolute atomic E-state index is 15.2. The molecule has 10 nitrogen and oxygen atoms in total. The number of ether oxygens (including phenoxy) is 4. The van der Waals surface area contributed by atoms with E-state index in [-0.39, 0.29) is 27.7 Å². The van der Waals surface area contributed by atoms with E-state index in [1.54, 1.807) is 31.5 Å². The van der Waals surface area contributed by atoms with Gasteiger partial charge in [-0.05, 0) is 63.0 Å². The number of pyridine rings is 1. The van der Waals surface area contributed by atoms with Gasteiger partial charge < -0.3 is 23.8 Å². The lowest BCUT2D eigenvalue weighted by atomic mass is 10.1. The van der Waals surface area contributed by atoms with E-state index >= 15 is 4.39 Å². The minimum atomic E-state index is -4.10. The lowest BCUT2D eigenvalue weighted by Crippen LogP contribution is -2.31. The first kappa shape index (κ1) is 30.9. The number of aromatic nitrogens is 1. The van der Waals surface area contributed by atoms with Crippen LogP contribution in [0.15, 0.2) is 52.4 Å². The summed E-state index contributed by atoms with van der Waals surface area (Å²) in [4.78, 5) is 18.8. The number of nitrogens with one attached hydrogen (secondary N) is 1. The van der Waals surface area contributed by atoms with Crippen molar-refractivity contribution in [3.05, 3.63) is 58.2 Å². The highest BCUT2D eigenvalue weighted by atomic mass is 32.2. The molecular weight excluding hydrogens is 597 g/mol. The van der Waals surface area contributed by atoms with Gasteiger partial charge in [-0.1, -0.05) is 6.42 Å². The first-order valence-electron chi connectivity index (χ1n) is 14.1. The van der Waals surface area contributed by atoms with Crippen LogP contribution in [-0.2, 0) is 19.6 Å². The van der Waals surface area contributed by atoms with Gasteiger partial charge in [0.25, 0.3) is 10.0 Å². The summed E-state index contributed by atoms with van der Waals surface area (Å²) in [7, 11) is -1.36. The Balaban J connectivity index is 1.29. The number of rotatable bonds is 12. The molecule has 1 aromatic heterocycles. The minimum absolute atomic E-state index is 0.0122. The quantitative estimate of drug-likeness (QED) is 0.197. The van der Waals surface area contributed by atoms with Crippen LogP contribution in [0.5, 0.6) is 23.0 Å². The fourth-order valence-electron chi connectivity index (χ4n) is 5.09. The van der Waals surface area contributed by atoms with Gasteiger partial charge in [-0.15, -0.1) is 11.8 Å². The van der Waals surface area contributed by atoms with E-state index in [4.69, 9.17) is 14.2 Å². The smallest absolute Gasteiger partial charge is 0.345 e. The third kappa shape index (κ3) is 7.34. The zero-order chi connectivity index (χ0) is 30.4. The molecule has 230 valence electrons. The number of hydrogen-bond acceptors (Lipinski definition) is 10. The lowest BCUT2D eigenvalue weighted by molar-refractivity contribution is -0.135. The second-order valence-corrected chi connectivity index (χ2v) is 12.9. The standard InChI is InChI=1S/C30H34FN3O7S2/c1-38-26-18-21-23(19-27(26)40-15-6-14-34-12-4-3-5-13-34)32-11-9-24(21)41-25-8-7-20(17-22(25)31)33-43(36,37)28-10-16-42-29(28)30(35)39-2/h7-9,11,17-19,33H,3-6,10,12-16H2,1-2H3. The molecule has 2 aliphatic rings. The van der Waals surface area contributed by atoms with Crippen LogP contribution in [-0.4, -0.2) is 70.5 Å². The molecule has 0 aliphatic carbocycles. The number of sulfonamides is 1. The van der Waals surface area contributed by atoms with Gasteiger partial charge in [0.05, 0.1) is 36.9 Å². The molecule has 13 heteroatoms. The van der Waals surface area contributed by atoms with Gasteiger partial charge in [0.2, 0.25) is 0 Å². The van der Waals surface area contributed by atoms with Gasteiger partial charge in [-0.3, -0.25) is 9.71 Å². The summed E-state index contributed by atoms with van der Waals surface area (Å²) in [5, 5.41) is 0.588. The Morgan fingerprint density at radius 3 is 2.60 bits per heavy atom. The van der Waals surface area contributed by atoms with Gasteiger partial charge in [0, 0.05) is 36.0 Å². The molecule has 1 fully saturated rings. The van der Waals surface area contributed by atoms with Crippen molar-refractivity contribution in [2.45, 2.75) is 32.1 Å². The molecule has 2 aromatic carbocycles. The van der Waals surface area contributed by atoms with Crippen LogP contribution >= 0.6 is 11.8 Å². The molecule has 2 aliphatic heterocycles. The van der Waals surface area contributed by atoms with Crippen molar-refractivity contribution in [1.29, 1.82) is 0 Å². The fourth-order valence-corrected chi connectivity index (χ4v) is 7.96. The van der Waals surface area contributed by atoms with E-state index in [0.717, 1.165) is 43.9 Å². The number of carbonyl (C=O) groups excluding carboxylic acids is 1. The molecule has 1 saturated heterocycles. The topological polar surface area (TPSA) is 116 Å². The summed E-state index contributed by atoms with van der Waals surface area (Å²) in [6.45, 7) is 3.81. The number of thioether (sulfide) groups is 1. The number of hydrogen-bond donors (Lipinski definition) is 1. The number of methoxy groups -OCH3 is 2. The Morgan fingerprint density at radius 2 is 1.86 bits per heavy atom. The number of carbonyl (C=O) groups is 1. The summed E-state index contributed by atoms with van der Waals surface area (Å²) in [5.41, 5.74) is 0.569. The third-order valence-corrected chi connectivity index (χ3v) is 10.0. The number of nitrogens with zero attached hydrogens (tertiary/aromatic N) is 2. The van der Waals surface area contributed by atoms with Crippen LogP contribution in [0.25, 0.3) is 10.9 Å². The van der Waals surface area contributed by atoms with Crippen LogP contribution in [0.4, 0.5) is 10.1 Å². The van der Waals surface area contributed by atoms with Crippen molar-refractivity contribution in [2.24, 2.45) is 0 Å². The number of likely N-dealkylation sites (tertiary alicyclic amines) is 1. The summed E-state index contributed by atoms with van der Waals surface area (Å²) < 4.78 is 65.6. The van der Waals surface area contributed by atoms with Crippen molar-refractivity contribution < 1.29 is 36.6 Å². The Bertz CT molecular complexity index is 1630. The van der Waals surface area contributed by atoms with Crippen molar-refractivity contribution in [3.63, 3.8) is 0 Å². The normalized spacial score (nSPS) is 15.9. The molecule has 43 heavy (non-hydrogen) atoms. The first-order valence-corrected chi connectivity index (χ1v) is 16.5. The molecule has 0 radical (unpaired) electrons. The molecule has 0 bridgehead atoms. The Labute approximate surface area is 254 Å². The summed E-state index contributed by atoms with van der Waals surface area (Å²) in [6, 6.07) is 8.85. The summed E-state index contributed by atoms with van der Waals surface area (Å²) in [5.74, 6) is 0.214. The van der Waals surface area contributed by atoms with E-state index in [1.165, 1.54) is 38.5 Å². The highest BCUT2D eigenvalue weighted by Crippen LogP contribution is 2.39. The Morgan fingerprint density at radius 1 is 1.05 bits per heavy atom. The first-order chi connectivity index (χ1) is 20.8. The molecular formula is C30H34FN3O7S2. The SMILES string of the molecule is COC(=O)C1=C(S(=O)(=O)Nc2ccc(Oc3ccnc4cc(OCCCN5CCCCC5)c(OC)cc34)c(F)c2)CCS1. The van der Waals surface area contributed by atoms with Crippen molar-refractivity contribution >= 4 is 44.3 Å². The molecule has 0 atom stereocenters. The third-order valence-electron chi connectivity index (χ3n) is 7.24. The maximum atomic E-state index is 15.2. The van der Waals surface area contributed by atoms with E-state index in [1.807, 2.05) is 0 Å². The largest absolute Gasteiger partial charge is 0.493 e. The average Bonchev–Trinajstić information content (AvgIpc) is 3.52. The Hall–Kier alpha value is -3.55. The van der Waals surface area contributed by atoms with Crippen LogP contribution < -0.4 is 18.9 Å². The number of halogens is 1. The number of esters is 1. The van der Waals surface area contributed by atoms with Crippen LogP contribution in [0.1, 0.15) is 32.1 Å². The number of allylic oxidation sites excluding steroid dienone is 1. The predicted octanol–water partition coefficient (Wildman–Crippen LogP) is 5.69. The Kier molecular flexibility index (Phi) is 9.93. The molecule has 1 N–H and O–H groups in total. The number of benzene rings is 2. The minimum Gasteiger partial charge on any atom is -0.493 e. The van der Waals surface area contributed by atoms with Gasteiger partial charge in [-0.25, -0.2) is 17.6 Å². The molecule has 0 saturated carbocycles. The monoisotopic (exact) mass is 631 g/mol. The van der Waals surface area contributed by atoms with Crippen LogP contribution in [0, 0.1) is 5.82 Å². The molecule has 3 heterocycles. The highest BCUT2D eigenvalue weighted by molar-refractivity contribution is 8.06. The second-order valence-electron chi connectivity index (χ2n) is 10.1. The lowest BCUT2D eigenvalue weighted by Gasteiger charge is -2.26. The zero-order valence-corrected chi connectivity index (χ0v) is 25.7. The van der Waals surface area contributed by atoms with E-state index in [2.05, 4.69) is 19.3 Å². The average molecular weight is 632 g/mol. The number of anilines is 1. The zero-order valence-electron chi connectivity index (χ0n) is 24.1. The number of fused-ring (bicyclic) bond motifs is 1. The van der Waals surface area contributed by atoms with Crippen LogP contribution in [0.3, 0.4) is 0 Å². The van der Waals surface area contributed by atoms with Gasteiger partial charge >= 0.3 is 5.97 Å². The molecule has 0 unspecified atom stereocenters. The summed E-state index contributed by atoms with van der Waals surface area (Å²) >= 11 is 1.11. The molecule has 3 aromatic rings. The van der Waals surface area contributed by atoms with E-state index in [0.29, 0.717) is 40.5 Å². The number of piperidine rings is 1. The fraction of sp³-hybridized carbons (Fsp3) is 0.400. The van der Waals surface area contributed by atoms with Gasteiger partial charge in [0.1, 0.15) is 10.7 Å². The van der Waals surface area contributed by atoms with E-state index in [9.17, 15) is 13.2 Å². The maximum Gasteiger partial charge on any atom is 0.345 e. The predicted molar refractivity (Wildman–Crippen MR) is 164 cm³/mol.